The zero-order chi connectivity index (χ0) is 8.97. The summed E-state index contributed by atoms with van der Waals surface area (Å²) in [5, 5.41) is 0. The van der Waals surface area contributed by atoms with Crippen molar-refractivity contribution in [1.82, 2.24) is 0 Å². The average molecular weight is 166 g/mol. The number of carbonyl (C=O) groups excluding carboxylic acids is 1. The second-order valence-electron chi connectivity index (χ2n) is 2.41. The van der Waals surface area contributed by atoms with Crippen LogP contribution in [0, 0.1) is 0 Å². The molecule has 0 aliphatic heterocycles. The van der Waals surface area contributed by atoms with Gasteiger partial charge in [0.1, 0.15) is 12.4 Å². The maximum atomic E-state index is 10.2. The van der Waals surface area contributed by atoms with Crippen LogP contribution >= 0.6 is 0 Å². The molecule has 0 saturated heterocycles. The number of rotatable bonds is 4. The second kappa shape index (κ2) is 3.76. The van der Waals surface area contributed by atoms with E-state index in [0.29, 0.717) is 30.2 Å². The SMILES string of the molecule is C=C(C)OCc1ccc(C=O)o1. The quantitative estimate of drug-likeness (QED) is 0.508. The lowest BCUT2D eigenvalue weighted by molar-refractivity contribution is 0.109. The molecule has 1 heterocycles. The molecule has 0 aliphatic rings. The first kappa shape index (κ1) is 8.59. The number of hydrogen-bond donors (Lipinski definition) is 0. The highest BCUT2D eigenvalue weighted by molar-refractivity contribution is 5.70. The van der Waals surface area contributed by atoms with Crippen molar-refractivity contribution in [2.75, 3.05) is 0 Å². The van der Waals surface area contributed by atoms with E-state index in [4.69, 9.17) is 9.15 Å². The molecule has 0 unspecified atom stereocenters. The third-order valence-electron chi connectivity index (χ3n) is 1.26. The van der Waals surface area contributed by atoms with E-state index < -0.39 is 0 Å². The minimum atomic E-state index is 0.315. The fourth-order valence-electron chi connectivity index (χ4n) is 0.730. The molecule has 1 aromatic rings. The molecule has 0 aromatic carbocycles. The van der Waals surface area contributed by atoms with E-state index in [1.165, 1.54) is 0 Å². The summed E-state index contributed by atoms with van der Waals surface area (Å²) < 4.78 is 10.1. The van der Waals surface area contributed by atoms with Crippen LogP contribution in [0.4, 0.5) is 0 Å². The van der Waals surface area contributed by atoms with Gasteiger partial charge < -0.3 is 9.15 Å². The van der Waals surface area contributed by atoms with Crippen LogP contribution in [0.25, 0.3) is 0 Å². The van der Waals surface area contributed by atoms with E-state index in [9.17, 15) is 4.79 Å². The van der Waals surface area contributed by atoms with E-state index in [0.717, 1.165) is 0 Å². The Morgan fingerprint density at radius 3 is 3.00 bits per heavy atom. The van der Waals surface area contributed by atoms with Gasteiger partial charge in [0, 0.05) is 0 Å². The van der Waals surface area contributed by atoms with E-state index in [-0.39, 0.29) is 0 Å². The molecule has 3 heteroatoms. The van der Waals surface area contributed by atoms with Crippen molar-refractivity contribution in [1.29, 1.82) is 0 Å². The van der Waals surface area contributed by atoms with Crippen molar-refractivity contribution in [3.63, 3.8) is 0 Å². The second-order valence-corrected chi connectivity index (χ2v) is 2.41. The number of hydrogen-bond acceptors (Lipinski definition) is 3. The molecular weight excluding hydrogens is 156 g/mol. The molecule has 1 aromatic heterocycles. The molecule has 12 heavy (non-hydrogen) atoms. The fraction of sp³-hybridized carbons (Fsp3) is 0.222. The van der Waals surface area contributed by atoms with Crippen LogP contribution in [0.3, 0.4) is 0 Å². The van der Waals surface area contributed by atoms with Crippen molar-refractivity contribution < 1.29 is 13.9 Å². The lowest BCUT2D eigenvalue weighted by atomic mass is 10.4. The standard InChI is InChI=1S/C9H10O3/c1-7(2)11-6-9-4-3-8(5-10)12-9/h3-5H,1,6H2,2H3. The maximum Gasteiger partial charge on any atom is 0.185 e. The Kier molecular flexibility index (Phi) is 2.69. The summed E-state index contributed by atoms with van der Waals surface area (Å²) in [6.07, 6.45) is 0.657. The molecule has 64 valence electrons. The topological polar surface area (TPSA) is 39.4 Å². The summed E-state index contributed by atoms with van der Waals surface area (Å²) in [7, 11) is 0. The Bertz CT molecular complexity index is 286. The molecule has 0 bridgehead atoms. The van der Waals surface area contributed by atoms with Crippen molar-refractivity contribution in [2.45, 2.75) is 13.5 Å². The molecule has 0 N–H and O–H groups in total. The van der Waals surface area contributed by atoms with Crippen molar-refractivity contribution in [2.24, 2.45) is 0 Å². The highest BCUT2D eigenvalue weighted by Gasteiger charge is 2.00. The van der Waals surface area contributed by atoms with Crippen LogP contribution in [-0.2, 0) is 11.3 Å². The smallest absolute Gasteiger partial charge is 0.185 e. The van der Waals surface area contributed by atoms with Crippen molar-refractivity contribution in [3.8, 4) is 0 Å². The Hall–Kier alpha value is -1.51. The Balaban J connectivity index is 2.52. The number of ether oxygens (including phenoxy) is 1. The van der Waals surface area contributed by atoms with Crippen molar-refractivity contribution >= 4 is 6.29 Å². The minimum absolute atomic E-state index is 0.315. The van der Waals surface area contributed by atoms with Gasteiger partial charge in [0.15, 0.2) is 12.0 Å². The Morgan fingerprint density at radius 2 is 2.50 bits per heavy atom. The number of aldehydes is 1. The number of furan rings is 1. The van der Waals surface area contributed by atoms with Crippen LogP contribution in [0.1, 0.15) is 23.2 Å². The van der Waals surface area contributed by atoms with Crippen LogP contribution in [0.15, 0.2) is 28.9 Å². The van der Waals surface area contributed by atoms with Gasteiger partial charge >= 0.3 is 0 Å². The summed E-state index contributed by atoms with van der Waals surface area (Å²) >= 11 is 0. The van der Waals surface area contributed by atoms with Crippen LogP contribution in [0.5, 0.6) is 0 Å². The number of allylic oxidation sites excluding steroid dienone is 1. The van der Waals surface area contributed by atoms with Gasteiger partial charge in [-0.2, -0.15) is 0 Å². The van der Waals surface area contributed by atoms with Gasteiger partial charge in [-0.15, -0.1) is 0 Å². The number of carbonyl (C=O) groups is 1. The van der Waals surface area contributed by atoms with Gasteiger partial charge in [0.25, 0.3) is 0 Å². The van der Waals surface area contributed by atoms with E-state index >= 15 is 0 Å². The van der Waals surface area contributed by atoms with Crippen LogP contribution < -0.4 is 0 Å². The monoisotopic (exact) mass is 166 g/mol. The lowest BCUT2D eigenvalue weighted by Crippen LogP contribution is -1.86. The molecule has 0 fully saturated rings. The summed E-state index contributed by atoms with van der Waals surface area (Å²) in [6, 6.07) is 3.30. The largest absolute Gasteiger partial charge is 0.491 e. The first-order valence-corrected chi connectivity index (χ1v) is 3.54. The van der Waals surface area contributed by atoms with Crippen LogP contribution in [0.2, 0.25) is 0 Å². The van der Waals surface area contributed by atoms with E-state index in [1.807, 2.05) is 0 Å². The van der Waals surface area contributed by atoms with Gasteiger partial charge in [-0.25, -0.2) is 0 Å². The molecule has 0 saturated carbocycles. The first-order valence-electron chi connectivity index (χ1n) is 3.54. The van der Waals surface area contributed by atoms with Crippen LogP contribution in [-0.4, -0.2) is 6.29 Å². The predicted molar refractivity (Wildman–Crippen MR) is 43.7 cm³/mol. The molecule has 0 radical (unpaired) electrons. The third kappa shape index (κ3) is 2.27. The zero-order valence-corrected chi connectivity index (χ0v) is 6.87. The van der Waals surface area contributed by atoms with E-state index in [2.05, 4.69) is 6.58 Å². The molecule has 0 spiro atoms. The maximum absolute atomic E-state index is 10.2. The van der Waals surface area contributed by atoms with Gasteiger partial charge in [-0.3, -0.25) is 4.79 Å². The molecule has 0 amide bonds. The molecule has 3 nitrogen and oxygen atoms in total. The van der Waals surface area contributed by atoms with Gasteiger partial charge in [0.2, 0.25) is 0 Å². The molecular formula is C9H10O3. The highest BCUT2D eigenvalue weighted by Crippen LogP contribution is 2.08. The summed E-state index contributed by atoms with van der Waals surface area (Å²) in [5.41, 5.74) is 0. The third-order valence-corrected chi connectivity index (χ3v) is 1.26. The molecule has 0 atom stereocenters. The van der Waals surface area contributed by atoms with Gasteiger partial charge in [0.05, 0.1) is 5.76 Å². The van der Waals surface area contributed by atoms with E-state index in [1.54, 1.807) is 19.1 Å². The molecule has 1 rings (SSSR count). The Morgan fingerprint density at radius 1 is 1.75 bits per heavy atom. The lowest BCUT2D eigenvalue weighted by Gasteiger charge is -2.00. The van der Waals surface area contributed by atoms with Gasteiger partial charge in [-0.1, -0.05) is 6.58 Å². The normalized spacial score (nSPS) is 9.42. The summed E-state index contributed by atoms with van der Waals surface area (Å²) in [5.74, 6) is 1.56. The predicted octanol–water partition coefficient (Wildman–Crippen LogP) is 2.14. The summed E-state index contributed by atoms with van der Waals surface area (Å²) in [4.78, 5) is 10.2. The Labute approximate surface area is 70.6 Å². The first-order chi connectivity index (χ1) is 5.72. The van der Waals surface area contributed by atoms with Gasteiger partial charge in [-0.05, 0) is 19.1 Å². The summed E-state index contributed by atoms with van der Waals surface area (Å²) in [6.45, 7) is 5.64. The fourth-order valence-corrected chi connectivity index (χ4v) is 0.730. The highest BCUT2D eigenvalue weighted by atomic mass is 16.5. The zero-order valence-electron chi connectivity index (χ0n) is 6.87. The van der Waals surface area contributed by atoms with Crippen molar-refractivity contribution in [3.05, 3.63) is 36.0 Å². The average Bonchev–Trinajstić information content (AvgIpc) is 2.48. The molecule has 0 aliphatic carbocycles. The minimum Gasteiger partial charge on any atom is -0.491 e.